The zero-order chi connectivity index (χ0) is 22.0. The molecule has 1 saturated carbocycles. The third kappa shape index (κ3) is 4.22. The predicted octanol–water partition coefficient (Wildman–Crippen LogP) is 3.63. The number of carbonyl (C=O) groups excluding carboxylic acids is 2. The van der Waals surface area contributed by atoms with Gasteiger partial charge in [0.2, 0.25) is 15.9 Å². The lowest BCUT2D eigenvalue weighted by molar-refractivity contribution is -0.115. The quantitative estimate of drug-likeness (QED) is 0.768. The van der Waals surface area contributed by atoms with Crippen LogP contribution in [0.5, 0.6) is 0 Å². The summed E-state index contributed by atoms with van der Waals surface area (Å²) in [6.07, 6.45) is 5.03. The van der Waals surface area contributed by atoms with E-state index in [1.54, 1.807) is 28.6 Å². The molecular formula is C23H27N3O4S. The minimum Gasteiger partial charge on any atom is -0.323 e. The molecular weight excluding hydrogens is 414 g/mol. The van der Waals surface area contributed by atoms with Gasteiger partial charge in [-0.3, -0.25) is 14.5 Å². The van der Waals surface area contributed by atoms with E-state index in [2.05, 4.69) is 5.32 Å². The Kier molecular flexibility index (Phi) is 6.11. The van der Waals surface area contributed by atoms with E-state index in [0.29, 0.717) is 23.5 Å². The normalized spacial score (nSPS) is 17.4. The molecule has 0 saturated heterocycles. The molecule has 1 N–H and O–H groups in total. The molecule has 1 aliphatic heterocycles. The van der Waals surface area contributed by atoms with E-state index in [4.69, 9.17) is 0 Å². The standard InChI is InChI=1S/C23H27N3O4S/c1-2-26(18-8-4-3-5-9-18)31(29,30)19-14-12-17(13-15-19)23(28)25-16-22(27)24-20-10-6-7-11-21(20)25/h6-7,10-15,18H,2-5,8-9,16H2,1H3,(H,24,27). The minimum absolute atomic E-state index is 0.0356. The Hall–Kier alpha value is -2.71. The van der Waals surface area contributed by atoms with Gasteiger partial charge in [-0.2, -0.15) is 4.31 Å². The van der Waals surface area contributed by atoms with Gasteiger partial charge in [0.25, 0.3) is 5.91 Å². The highest BCUT2D eigenvalue weighted by Crippen LogP contribution is 2.31. The maximum atomic E-state index is 13.2. The Bertz CT molecular complexity index is 1080. The van der Waals surface area contributed by atoms with Crippen LogP contribution in [0.2, 0.25) is 0 Å². The third-order valence-electron chi connectivity index (χ3n) is 6.02. The highest BCUT2D eigenvalue weighted by molar-refractivity contribution is 7.89. The summed E-state index contributed by atoms with van der Waals surface area (Å²) in [5, 5.41) is 2.76. The lowest BCUT2D eigenvalue weighted by atomic mass is 9.95. The van der Waals surface area contributed by atoms with E-state index >= 15 is 0 Å². The fourth-order valence-corrected chi connectivity index (χ4v) is 6.16. The molecule has 1 fully saturated rings. The van der Waals surface area contributed by atoms with Crippen LogP contribution in [-0.4, -0.2) is 43.7 Å². The first-order chi connectivity index (χ1) is 14.9. The molecule has 2 aliphatic rings. The summed E-state index contributed by atoms with van der Waals surface area (Å²) in [5.41, 5.74) is 1.54. The van der Waals surface area contributed by atoms with Crippen LogP contribution in [0.15, 0.2) is 53.4 Å². The summed E-state index contributed by atoms with van der Waals surface area (Å²) in [6, 6.07) is 13.2. The number of rotatable bonds is 5. The summed E-state index contributed by atoms with van der Waals surface area (Å²) in [6.45, 7) is 2.21. The van der Waals surface area contributed by atoms with Crippen molar-refractivity contribution in [2.24, 2.45) is 0 Å². The van der Waals surface area contributed by atoms with Crippen molar-refractivity contribution in [3.63, 3.8) is 0 Å². The molecule has 2 amide bonds. The number of nitrogens with one attached hydrogen (secondary N) is 1. The molecule has 2 aromatic rings. The number of nitrogens with zero attached hydrogens (tertiary/aromatic N) is 2. The molecule has 7 nitrogen and oxygen atoms in total. The number of hydrogen-bond donors (Lipinski definition) is 1. The zero-order valence-corrected chi connectivity index (χ0v) is 18.4. The summed E-state index contributed by atoms with van der Waals surface area (Å²) in [5.74, 6) is -0.608. The average molecular weight is 442 g/mol. The molecule has 0 spiro atoms. The van der Waals surface area contributed by atoms with E-state index in [1.807, 2.05) is 6.92 Å². The number of sulfonamides is 1. The van der Waals surface area contributed by atoms with Gasteiger partial charge in [-0.25, -0.2) is 8.42 Å². The van der Waals surface area contributed by atoms with Crippen molar-refractivity contribution in [3.8, 4) is 0 Å². The smallest absolute Gasteiger partial charge is 0.258 e. The van der Waals surface area contributed by atoms with E-state index in [1.165, 1.54) is 29.2 Å². The SMILES string of the molecule is CCN(C1CCCCC1)S(=O)(=O)c1ccc(C(=O)N2CC(=O)Nc3ccccc32)cc1. The van der Waals surface area contributed by atoms with Crippen molar-refractivity contribution in [1.82, 2.24) is 4.31 Å². The van der Waals surface area contributed by atoms with Crippen molar-refractivity contribution in [3.05, 3.63) is 54.1 Å². The number of benzene rings is 2. The second-order valence-electron chi connectivity index (χ2n) is 7.98. The minimum atomic E-state index is -3.63. The lowest BCUT2D eigenvalue weighted by Crippen LogP contribution is -2.42. The highest BCUT2D eigenvalue weighted by atomic mass is 32.2. The molecule has 1 heterocycles. The number of carbonyl (C=O) groups is 2. The fraction of sp³-hybridized carbons (Fsp3) is 0.391. The molecule has 1 aliphatic carbocycles. The van der Waals surface area contributed by atoms with Crippen LogP contribution in [0.25, 0.3) is 0 Å². The van der Waals surface area contributed by atoms with Crippen molar-refractivity contribution in [1.29, 1.82) is 0 Å². The molecule has 8 heteroatoms. The van der Waals surface area contributed by atoms with Gasteiger partial charge in [0.15, 0.2) is 0 Å². The Balaban J connectivity index is 1.58. The lowest BCUT2D eigenvalue weighted by Gasteiger charge is -2.32. The Labute approximate surface area is 183 Å². The number of para-hydroxylation sites is 2. The summed E-state index contributed by atoms with van der Waals surface area (Å²) < 4.78 is 28.1. The van der Waals surface area contributed by atoms with Gasteiger partial charge >= 0.3 is 0 Å². The van der Waals surface area contributed by atoms with Crippen LogP contribution in [0.1, 0.15) is 49.4 Å². The average Bonchev–Trinajstić information content (AvgIpc) is 2.79. The molecule has 0 bridgehead atoms. The summed E-state index contributed by atoms with van der Waals surface area (Å²) in [4.78, 5) is 26.7. The number of hydrogen-bond acceptors (Lipinski definition) is 4. The van der Waals surface area contributed by atoms with Crippen molar-refractivity contribution in [2.45, 2.75) is 50.0 Å². The van der Waals surface area contributed by atoms with Crippen molar-refractivity contribution >= 4 is 33.2 Å². The molecule has 2 aromatic carbocycles. The monoisotopic (exact) mass is 441 g/mol. The Morgan fingerprint density at radius 2 is 1.74 bits per heavy atom. The zero-order valence-electron chi connectivity index (χ0n) is 17.6. The highest BCUT2D eigenvalue weighted by Gasteiger charge is 2.32. The van der Waals surface area contributed by atoms with Crippen LogP contribution in [-0.2, 0) is 14.8 Å². The van der Waals surface area contributed by atoms with Gasteiger partial charge in [0, 0.05) is 18.2 Å². The molecule has 4 rings (SSSR count). The molecule has 0 unspecified atom stereocenters. The van der Waals surface area contributed by atoms with Crippen LogP contribution in [0.3, 0.4) is 0 Å². The van der Waals surface area contributed by atoms with E-state index in [9.17, 15) is 18.0 Å². The van der Waals surface area contributed by atoms with Crippen molar-refractivity contribution in [2.75, 3.05) is 23.3 Å². The second-order valence-corrected chi connectivity index (χ2v) is 9.87. The Morgan fingerprint density at radius 3 is 2.42 bits per heavy atom. The van der Waals surface area contributed by atoms with Crippen molar-refractivity contribution < 1.29 is 18.0 Å². The molecule has 31 heavy (non-hydrogen) atoms. The van der Waals surface area contributed by atoms with Gasteiger partial charge < -0.3 is 5.32 Å². The van der Waals surface area contributed by atoms with Gasteiger partial charge in [-0.1, -0.05) is 38.3 Å². The van der Waals surface area contributed by atoms with E-state index < -0.39 is 10.0 Å². The molecule has 0 aromatic heterocycles. The number of fused-ring (bicyclic) bond motifs is 1. The van der Waals surface area contributed by atoms with Gasteiger partial charge in [-0.05, 0) is 49.2 Å². The van der Waals surface area contributed by atoms with E-state index in [0.717, 1.165) is 32.1 Å². The maximum absolute atomic E-state index is 13.2. The third-order valence-corrected chi connectivity index (χ3v) is 8.06. The predicted molar refractivity (Wildman–Crippen MR) is 120 cm³/mol. The summed E-state index contributed by atoms with van der Waals surface area (Å²) in [7, 11) is -3.63. The van der Waals surface area contributed by atoms with Gasteiger partial charge in [-0.15, -0.1) is 0 Å². The first kappa shape index (κ1) is 21.5. The second kappa shape index (κ2) is 8.80. The topological polar surface area (TPSA) is 86.8 Å². The van der Waals surface area contributed by atoms with Crippen LogP contribution in [0.4, 0.5) is 11.4 Å². The first-order valence-electron chi connectivity index (χ1n) is 10.7. The van der Waals surface area contributed by atoms with Crippen LogP contribution >= 0.6 is 0 Å². The number of anilines is 2. The van der Waals surface area contributed by atoms with Crippen LogP contribution in [0, 0.1) is 0 Å². The first-order valence-corrected chi connectivity index (χ1v) is 12.2. The molecule has 0 radical (unpaired) electrons. The maximum Gasteiger partial charge on any atom is 0.258 e. The van der Waals surface area contributed by atoms with Crippen LogP contribution < -0.4 is 10.2 Å². The van der Waals surface area contributed by atoms with Gasteiger partial charge in [0.05, 0.1) is 16.3 Å². The largest absolute Gasteiger partial charge is 0.323 e. The summed E-state index contributed by atoms with van der Waals surface area (Å²) >= 11 is 0. The Morgan fingerprint density at radius 1 is 1.06 bits per heavy atom. The molecule has 0 atom stereocenters. The van der Waals surface area contributed by atoms with Gasteiger partial charge in [0.1, 0.15) is 6.54 Å². The number of amides is 2. The fourth-order valence-electron chi connectivity index (χ4n) is 4.47. The molecule has 164 valence electrons. The van der Waals surface area contributed by atoms with E-state index in [-0.39, 0.29) is 29.3 Å².